The molecule has 3 rings (SSSR count). The second-order valence-corrected chi connectivity index (χ2v) is 8.29. The number of thiazole rings is 1. The molecule has 0 bridgehead atoms. The summed E-state index contributed by atoms with van der Waals surface area (Å²) in [6.45, 7) is 6.04. The van der Waals surface area contributed by atoms with Crippen LogP contribution in [0.15, 0.2) is 34.6 Å². The molecule has 0 saturated carbocycles. The smallest absolute Gasteiger partial charge is 0.272 e. The van der Waals surface area contributed by atoms with Crippen molar-refractivity contribution in [1.29, 1.82) is 5.41 Å². The van der Waals surface area contributed by atoms with E-state index in [4.69, 9.17) is 31.3 Å². The minimum atomic E-state index is -0.623. The van der Waals surface area contributed by atoms with Crippen LogP contribution in [-0.2, 0) is 9.59 Å². The van der Waals surface area contributed by atoms with E-state index in [-0.39, 0.29) is 36.0 Å². The topological polar surface area (TPSA) is 209 Å². The maximum Gasteiger partial charge on any atom is 0.272 e. The molecule has 0 aliphatic carbocycles. The van der Waals surface area contributed by atoms with Crippen LogP contribution in [0.3, 0.4) is 0 Å². The van der Waals surface area contributed by atoms with Gasteiger partial charge >= 0.3 is 0 Å². The van der Waals surface area contributed by atoms with Gasteiger partial charge < -0.3 is 36.5 Å². The Morgan fingerprint density at radius 1 is 1.37 bits per heavy atom. The van der Waals surface area contributed by atoms with Crippen LogP contribution in [0.1, 0.15) is 32.0 Å². The molecule has 2 atom stereocenters. The number of nitrogen functional groups attached to an aromatic ring is 1. The van der Waals surface area contributed by atoms with E-state index in [2.05, 4.69) is 33.5 Å². The van der Waals surface area contributed by atoms with Gasteiger partial charge in [-0.2, -0.15) is 0 Å². The van der Waals surface area contributed by atoms with Gasteiger partial charge in [0.1, 0.15) is 35.6 Å². The van der Waals surface area contributed by atoms with Crippen molar-refractivity contribution in [1.82, 2.24) is 15.6 Å². The number of aromatic nitrogens is 1. The molecule has 2 aromatic rings. The molecule has 0 unspecified atom stereocenters. The number of ether oxygens (including phenoxy) is 1. The van der Waals surface area contributed by atoms with Gasteiger partial charge in [-0.05, 0) is 57.9 Å². The molecule has 35 heavy (non-hydrogen) atoms. The predicted molar refractivity (Wildman–Crippen MR) is 139 cm³/mol. The summed E-state index contributed by atoms with van der Waals surface area (Å²) in [5.74, 6) is 0.386. The molecular weight excluding hydrogens is 494 g/mol. The van der Waals surface area contributed by atoms with E-state index < -0.39 is 11.9 Å². The van der Waals surface area contributed by atoms with E-state index in [1.807, 2.05) is 38.1 Å². The van der Waals surface area contributed by atoms with Gasteiger partial charge in [0.2, 0.25) is 5.91 Å². The van der Waals surface area contributed by atoms with E-state index >= 15 is 0 Å². The Morgan fingerprint density at radius 3 is 2.46 bits per heavy atom. The maximum atomic E-state index is 11.7. The zero-order valence-electron chi connectivity index (χ0n) is 19.6. The van der Waals surface area contributed by atoms with Crippen LogP contribution in [0.2, 0.25) is 0 Å². The number of carbonyl (C=O) groups is 2. The van der Waals surface area contributed by atoms with Crippen LogP contribution in [0.5, 0.6) is 5.75 Å². The summed E-state index contributed by atoms with van der Waals surface area (Å²) >= 11 is 3.68. The zero-order chi connectivity index (χ0) is 26.5. The number of hydrogen-bond acceptors (Lipinski definition) is 11. The molecule has 1 aliphatic rings. The van der Waals surface area contributed by atoms with Crippen molar-refractivity contribution in [2.75, 3.05) is 18.9 Å². The number of amidine groups is 1. The van der Waals surface area contributed by atoms with E-state index in [1.54, 1.807) is 6.92 Å². The van der Waals surface area contributed by atoms with Crippen molar-refractivity contribution in [3.8, 4) is 5.75 Å². The lowest BCUT2D eigenvalue weighted by atomic mass is 10.0. The van der Waals surface area contributed by atoms with Crippen LogP contribution < -0.4 is 26.8 Å². The molecule has 14 heteroatoms. The minimum absolute atomic E-state index is 0.0126. The summed E-state index contributed by atoms with van der Waals surface area (Å²) in [5.41, 5.74) is 12.0. The Morgan fingerprint density at radius 2 is 2.00 bits per heavy atom. The summed E-state index contributed by atoms with van der Waals surface area (Å²) in [5, 5.41) is 23.1. The van der Waals surface area contributed by atoms with Gasteiger partial charge in [0.05, 0.1) is 12.6 Å². The predicted octanol–water partition coefficient (Wildman–Crippen LogP) is 0.657. The molecule has 0 spiro atoms. The number of nitrogens with two attached hydrogens (primary N) is 2. The number of aliphatic hydroxyl groups is 1. The van der Waals surface area contributed by atoms with Gasteiger partial charge in [-0.1, -0.05) is 0 Å². The van der Waals surface area contributed by atoms with Gasteiger partial charge in [-0.15, -0.1) is 11.3 Å². The van der Waals surface area contributed by atoms with Gasteiger partial charge in [-0.3, -0.25) is 20.0 Å². The molecule has 1 aromatic carbocycles. The number of thiol groups is 1. The molecule has 1 saturated heterocycles. The maximum absolute atomic E-state index is 11.7. The van der Waals surface area contributed by atoms with E-state index in [9.17, 15) is 9.59 Å². The largest absolute Gasteiger partial charge is 0.491 e. The van der Waals surface area contributed by atoms with Crippen molar-refractivity contribution in [2.45, 2.75) is 38.9 Å². The number of nitrogens with zero attached hydrogens (tertiary/aromatic N) is 2. The van der Waals surface area contributed by atoms with E-state index in [0.29, 0.717) is 17.6 Å². The lowest BCUT2D eigenvalue weighted by Crippen LogP contribution is -2.68. The Bertz CT molecular complexity index is 1010. The highest BCUT2D eigenvalue weighted by Gasteiger charge is 2.37. The van der Waals surface area contributed by atoms with E-state index in [0.717, 1.165) is 22.6 Å². The van der Waals surface area contributed by atoms with Crippen LogP contribution in [-0.4, -0.2) is 69.3 Å². The molecule has 1 fully saturated rings. The third kappa shape index (κ3) is 9.52. The van der Waals surface area contributed by atoms with Crippen LogP contribution in [0.25, 0.3) is 0 Å². The average Bonchev–Trinajstić information content (AvgIpc) is 3.28. The minimum Gasteiger partial charge on any atom is -0.491 e. The lowest BCUT2D eigenvalue weighted by molar-refractivity contribution is -0.134. The molecule has 192 valence electrons. The summed E-state index contributed by atoms with van der Waals surface area (Å²) < 4.78 is 11.9. The third-order valence-electron chi connectivity index (χ3n) is 4.35. The lowest BCUT2D eigenvalue weighted by Gasteiger charge is -2.34. The van der Waals surface area contributed by atoms with Gasteiger partial charge in [-0.25, -0.2) is 4.98 Å². The fraction of sp³-hybridized carbons (Fsp3) is 0.381. The second kappa shape index (κ2) is 14.9. The highest BCUT2D eigenvalue weighted by atomic mass is 32.1. The summed E-state index contributed by atoms with van der Waals surface area (Å²) in [6.07, 6.45) is 0. The molecule has 12 nitrogen and oxygen atoms in total. The Labute approximate surface area is 212 Å². The molecule has 9 N–H and O–H groups in total. The highest BCUT2D eigenvalue weighted by molar-refractivity contribution is 7.74. The quantitative estimate of drug-likeness (QED) is 0.0804. The van der Waals surface area contributed by atoms with Crippen molar-refractivity contribution < 1.29 is 24.0 Å². The fourth-order valence-electron chi connectivity index (χ4n) is 2.69. The summed E-state index contributed by atoms with van der Waals surface area (Å²) in [4.78, 5) is 30.8. The number of carbonyl (C=O) groups excluding carboxylic acids is 2. The number of nitrogens with one attached hydrogen (secondary N) is 3. The first-order valence-corrected chi connectivity index (χ1v) is 11.7. The van der Waals surface area contributed by atoms with Crippen LogP contribution in [0.4, 0.5) is 5.13 Å². The third-order valence-corrected chi connectivity index (χ3v) is 5.03. The molecular formula is C21H31N7O5S2. The molecule has 1 aromatic heterocycles. The van der Waals surface area contributed by atoms with Crippen molar-refractivity contribution in [3.63, 3.8) is 0 Å². The number of β-lactam (4-membered cyclic amide) rings is 1. The number of rotatable bonds is 8. The Kier molecular flexibility index (Phi) is 12.7. The molecule has 0 radical (unpaired) electrons. The number of amides is 2. The average molecular weight is 526 g/mol. The fourth-order valence-corrected chi connectivity index (χ4v) is 3.24. The van der Waals surface area contributed by atoms with Gasteiger partial charge in [0.15, 0.2) is 5.13 Å². The zero-order valence-corrected chi connectivity index (χ0v) is 21.3. The van der Waals surface area contributed by atoms with Gasteiger partial charge in [0, 0.05) is 17.0 Å². The molecule has 1 aliphatic heterocycles. The second-order valence-electron chi connectivity index (χ2n) is 7.40. The summed E-state index contributed by atoms with van der Waals surface area (Å²) in [7, 11) is 0. The van der Waals surface area contributed by atoms with Crippen molar-refractivity contribution >= 4 is 52.7 Å². The van der Waals surface area contributed by atoms with Crippen LogP contribution in [0, 0.1) is 5.41 Å². The van der Waals surface area contributed by atoms with Crippen molar-refractivity contribution in [2.24, 2.45) is 10.7 Å². The normalized spacial score (nSPS) is 16.5. The number of hydrogen-bond donors (Lipinski definition) is 8. The highest BCUT2D eigenvalue weighted by Crippen LogP contribution is 2.13. The molecule has 2 amide bonds. The monoisotopic (exact) mass is 525 g/mol. The number of anilines is 1. The number of aliphatic imine (C=N–C) groups is 1. The number of aliphatic hydroxyl groups excluding tert-OH is 1. The first-order chi connectivity index (χ1) is 16.6. The Hall–Kier alpha value is -3.20. The van der Waals surface area contributed by atoms with Gasteiger partial charge in [0.25, 0.3) is 5.91 Å². The number of benzene rings is 1. The standard InChI is InChI=1S/C12H18N2O2.C9H11N5O2S.H2OS/c1-9(2)14-12(13)10-3-5-11(6-4-10)16-8-7-15;1-3-6(8(16)12-3)14-7(15)5(10)4-2-17-9(11)13-4;1-2/h3-6,9,15H,7-8H2,1-2H3,(H2,13,14);2-3,6,10H,1H3,(H2,11,13)(H,12,16)(H,14,15);1-2H/t;3-,6-;/m.0./s1. The Balaban J connectivity index is 0.000000328. The molecule has 2 heterocycles. The summed E-state index contributed by atoms with van der Waals surface area (Å²) in [6, 6.07) is 6.84. The first-order valence-electron chi connectivity index (χ1n) is 10.4. The van der Waals surface area contributed by atoms with Crippen LogP contribution >= 0.6 is 24.2 Å². The van der Waals surface area contributed by atoms with Crippen molar-refractivity contribution in [3.05, 3.63) is 40.9 Å². The van der Waals surface area contributed by atoms with E-state index in [1.165, 1.54) is 5.38 Å². The first kappa shape index (κ1) is 29.8. The SMILES string of the molecule is CC(C)N=C(N)c1ccc(OCCO)cc1.C[C@@H]1NC(=O)[C@H]1NC(=O)C(=N)c1csc(N)n1.OS.